The zero-order valence-electron chi connectivity index (χ0n) is 11.5. The minimum absolute atomic E-state index is 0.0350. The first kappa shape index (κ1) is 12.4. The minimum Gasteiger partial charge on any atom is -0.348 e. The Balaban J connectivity index is 1.55. The summed E-state index contributed by atoms with van der Waals surface area (Å²) in [6.07, 6.45) is 11.1. The fraction of sp³-hybridized carbons (Fsp3) is 0.375. The first-order valence-electron chi connectivity index (χ1n) is 7.22. The van der Waals surface area contributed by atoms with Crippen LogP contribution in [0.2, 0.25) is 0 Å². The van der Waals surface area contributed by atoms with Gasteiger partial charge in [-0.25, -0.2) is 4.98 Å². The lowest BCUT2D eigenvalue weighted by atomic mass is 10.1. The molecule has 5 heteroatoms. The predicted molar refractivity (Wildman–Crippen MR) is 78.9 cm³/mol. The molecule has 0 radical (unpaired) electrons. The molecular formula is C16H16N4O. The Morgan fingerprint density at radius 3 is 3.05 bits per heavy atom. The quantitative estimate of drug-likeness (QED) is 0.800. The van der Waals surface area contributed by atoms with Crippen molar-refractivity contribution in [2.45, 2.75) is 24.9 Å². The molecule has 3 unspecified atom stereocenters. The molecule has 2 aromatic rings. The van der Waals surface area contributed by atoms with Gasteiger partial charge < -0.3 is 15.0 Å². The minimum atomic E-state index is -0.0350. The van der Waals surface area contributed by atoms with Crippen molar-refractivity contribution < 1.29 is 4.79 Å². The van der Waals surface area contributed by atoms with Crippen LogP contribution in [-0.2, 0) is 0 Å². The van der Waals surface area contributed by atoms with Gasteiger partial charge >= 0.3 is 0 Å². The van der Waals surface area contributed by atoms with E-state index in [4.69, 9.17) is 6.42 Å². The van der Waals surface area contributed by atoms with Gasteiger partial charge in [-0.1, -0.05) is 0 Å². The highest BCUT2D eigenvalue weighted by molar-refractivity contribution is 5.94. The van der Waals surface area contributed by atoms with Crippen LogP contribution in [-0.4, -0.2) is 33.9 Å². The Kier molecular flexibility index (Phi) is 2.72. The lowest BCUT2D eigenvalue weighted by Gasteiger charge is -2.23. The summed E-state index contributed by atoms with van der Waals surface area (Å²) in [5, 5.41) is 6.59. The summed E-state index contributed by atoms with van der Waals surface area (Å²) in [7, 11) is 0. The van der Waals surface area contributed by atoms with E-state index in [1.807, 2.05) is 6.07 Å². The van der Waals surface area contributed by atoms with E-state index >= 15 is 0 Å². The van der Waals surface area contributed by atoms with Crippen molar-refractivity contribution in [3.05, 3.63) is 35.8 Å². The molecule has 4 rings (SSSR count). The fourth-order valence-corrected chi connectivity index (χ4v) is 3.46. The number of hydrogen-bond acceptors (Lipinski definition) is 3. The topological polar surface area (TPSA) is 58.4 Å². The van der Waals surface area contributed by atoms with Gasteiger partial charge in [0.1, 0.15) is 11.3 Å². The molecule has 5 nitrogen and oxygen atoms in total. The summed E-state index contributed by atoms with van der Waals surface area (Å²) in [5.74, 6) is 3.18. The summed E-state index contributed by atoms with van der Waals surface area (Å²) in [5.41, 5.74) is 1.96. The van der Waals surface area contributed by atoms with E-state index in [-0.39, 0.29) is 11.9 Å². The molecular weight excluding hydrogens is 264 g/mol. The van der Waals surface area contributed by atoms with Crippen molar-refractivity contribution >= 4 is 11.6 Å². The number of rotatable bonds is 2. The summed E-state index contributed by atoms with van der Waals surface area (Å²) < 4.78 is 1.79. The van der Waals surface area contributed by atoms with Gasteiger partial charge in [-0.15, -0.1) is 6.42 Å². The van der Waals surface area contributed by atoms with Crippen LogP contribution in [0.25, 0.3) is 5.65 Å². The Morgan fingerprint density at radius 2 is 2.33 bits per heavy atom. The van der Waals surface area contributed by atoms with Crippen LogP contribution >= 0.6 is 0 Å². The lowest BCUT2D eigenvalue weighted by Crippen LogP contribution is -2.47. The maximum Gasteiger partial charge on any atom is 0.253 e. The number of aromatic nitrogens is 2. The Bertz CT molecular complexity index is 757. The van der Waals surface area contributed by atoms with E-state index < -0.39 is 0 Å². The molecule has 3 atom stereocenters. The monoisotopic (exact) mass is 280 g/mol. The molecule has 2 aromatic heterocycles. The van der Waals surface area contributed by atoms with Crippen molar-refractivity contribution in [3.8, 4) is 12.3 Å². The van der Waals surface area contributed by atoms with Crippen LogP contribution in [0.4, 0.5) is 0 Å². The number of amides is 1. The molecule has 2 aliphatic rings. The Hall–Kier alpha value is -2.32. The van der Waals surface area contributed by atoms with Gasteiger partial charge in [-0.3, -0.25) is 4.79 Å². The second-order valence-corrected chi connectivity index (χ2v) is 5.89. The molecule has 2 fully saturated rings. The van der Waals surface area contributed by atoms with E-state index in [0.29, 0.717) is 17.3 Å². The lowest BCUT2D eigenvalue weighted by molar-refractivity contribution is 0.0928. The van der Waals surface area contributed by atoms with Crippen LogP contribution in [0.15, 0.2) is 24.5 Å². The average molecular weight is 280 g/mol. The van der Waals surface area contributed by atoms with E-state index in [2.05, 4.69) is 21.5 Å². The van der Waals surface area contributed by atoms with Gasteiger partial charge in [0.2, 0.25) is 0 Å². The van der Waals surface area contributed by atoms with Gasteiger partial charge in [0.05, 0.1) is 5.56 Å². The van der Waals surface area contributed by atoms with Gasteiger partial charge in [-0.2, -0.15) is 0 Å². The van der Waals surface area contributed by atoms with Crippen molar-refractivity contribution in [2.75, 3.05) is 6.54 Å². The summed E-state index contributed by atoms with van der Waals surface area (Å²) >= 11 is 0. The van der Waals surface area contributed by atoms with Crippen molar-refractivity contribution in [1.29, 1.82) is 0 Å². The van der Waals surface area contributed by atoms with E-state index in [1.165, 1.54) is 6.42 Å². The van der Waals surface area contributed by atoms with Gasteiger partial charge in [0.25, 0.3) is 5.91 Å². The number of piperidine rings is 1. The molecule has 1 saturated carbocycles. The molecule has 21 heavy (non-hydrogen) atoms. The maximum absolute atomic E-state index is 12.4. The van der Waals surface area contributed by atoms with Crippen LogP contribution in [0, 0.1) is 18.3 Å². The molecule has 0 spiro atoms. The number of pyridine rings is 1. The number of nitrogens with one attached hydrogen (secondary N) is 2. The number of carbonyl (C=O) groups is 1. The number of imidazole rings is 1. The Morgan fingerprint density at radius 1 is 1.43 bits per heavy atom. The largest absolute Gasteiger partial charge is 0.348 e. The molecule has 1 amide bonds. The fourth-order valence-electron chi connectivity index (χ4n) is 3.46. The third-order valence-electron chi connectivity index (χ3n) is 4.51. The van der Waals surface area contributed by atoms with Crippen molar-refractivity contribution in [3.63, 3.8) is 0 Å². The standard InChI is InChI=1S/C16H16N4O/c1-2-12-9-20-8-11(3-4-15(20)18-12)16(21)19-14-6-10-5-13(14)17-7-10/h1,3-4,8-10,13-14,17H,5-7H2,(H,19,21). The van der Waals surface area contributed by atoms with Gasteiger partial charge in [0, 0.05) is 24.5 Å². The smallest absolute Gasteiger partial charge is 0.253 e. The summed E-state index contributed by atoms with van der Waals surface area (Å²) in [6, 6.07) is 4.29. The Labute approximate surface area is 122 Å². The second kappa shape index (κ2) is 4.61. The molecule has 106 valence electrons. The maximum atomic E-state index is 12.4. The first-order valence-corrected chi connectivity index (χ1v) is 7.22. The number of nitrogens with zero attached hydrogens (tertiary/aromatic N) is 2. The second-order valence-electron chi connectivity index (χ2n) is 5.89. The van der Waals surface area contributed by atoms with Crippen molar-refractivity contribution in [2.24, 2.45) is 5.92 Å². The van der Waals surface area contributed by atoms with E-state index in [1.54, 1.807) is 22.9 Å². The third-order valence-corrected chi connectivity index (χ3v) is 4.51. The van der Waals surface area contributed by atoms with E-state index in [0.717, 1.165) is 24.5 Å². The highest BCUT2D eigenvalue weighted by Crippen LogP contribution is 2.31. The third kappa shape index (κ3) is 2.08. The molecule has 2 N–H and O–H groups in total. The molecule has 1 aliphatic carbocycles. The van der Waals surface area contributed by atoms with Gasteiger partial charge in [0.15, 0.2) is 0 Å². The molecule has 0 aromatic carbocycles. The van der Waals surface area contributed by atoms with Crippen LogP contribution in [0.5, 0.6) is 0 Å². The SMILES string of the molecule is C#Cc1cn2cc(C(=O)NC3CC4CNC3C4)ccc2n1. The normalized spacial score (nSPS) is 26.9. The number of hydrogen-bond donors (Lipinski definition) is 2. The summed E-state index contributed by atoms with van der Waals surface area (Å²) in [6.45, 7) is 1.09. The predicted octanol–water partition coefficient (Wildman–Crippen LogP) is 0.796. The first-order chi connectivity index (χ1) is 10.2. The molecule has 3 heterocycles. The van der Waals surface area contributed by atoms with Crippen LogP contribution < -0.4 is 10.6 Å². The molecule has 1 saturated heterocycles. The number of carbonyl (C=O) groups excluding carboxylic acids is 1. The zero-order valence-corrected chi connectivity index (χ0v) is 11.5. The van der Waals surface area contributed by atoms with E-state index in [9.17, 15) is 4.79 Å². The molecule has 1 aliphatic heterocycles. The average Bonchev–Trinajstić information content (AvgIpc) is 3.20. The zero-order chi connectivity index (χ0) is 14.4. The highest BCUT2D eigenvalue weighted by atomic mass is 16.1. The highest BCUT2D eigenvalue weighted by Gasteiger charge is 2.40. The van der Waals surface area contributed by atoms with Crippen LogP contribution in [0.1, 0.15) is 28.9 Å². The molecule has 2 bridgehead atoms. The summed E-state index contributed by atoms with van der Waals surface area (Å²) in [4.78, 5) is 16.6. The number of terminal acetylenes is 1. The van der Waals surface area contributed by atoms with Gasteiger partial charge in [-0.05, 0) is 43.4 Å². The number of fused-ring (bicyclic) bond motifs is 3. The van der Waals surface area contributed by atoms with Crippen LogP contribution in [0.3, 0.4) is 0 Å². The van der Waals surface area contributed by atoms with Crippen molar-refractivity contribution in [1.82, 2.24) is 20.0 Å².